The molecule has 0 aliphatic rings. The van der Waals surface area contributed by atoms with Crippen LogP contribution in [0.2, 0.25) is 0 Å². The number of hydrogen-bond donors (Lipinski definition) is 0. The summed E-state index contributed by atoms with van der Waals surface area (Å²) in [6.07, 6.45) is 4.51. The summed E-state index contributed by atoms with van der Waals surface area (Å²) in [6, 6.07) is 0. The summed E-state index contributed by atoms with van der Waals surface area (Å²) in [5.41, 5.74) is 3.65. The molecule has 0 rings (SSSR count). The molecular weight excluding hydrogens is 284 g/mol. The van der Waals surface area contributed by atoms with E-state index in [9.17, 15) is 0 Å². The van der Waals surface area contributed by atoms with E-state index in [0.29, 0.717) is 6.42 Å². The molecule has 112 valence electrons. The first-order valence-corrected chi connectivity index (χ1v) is 9.34. The third-order valence-corrected chi connectivity index (χ3v) is 7.33. The van der Waals surface area contributed by atoms with Crippen molar-refractivity contribution in [3.8, 4) is 0 Å². The van der Waals surface area contributed by atoms with E-state index in [1.165, 1.54) is 0 Å². The van der Waals surface area contributed by atoms with Crippen molar-refractivity contribution in [1.29, 1.82) is 0 Å². The van der Waals surface area contributed by atoms with Crippen LogP contribution >= 0.6 is 0 Å². The highest BCUT2D eigenvalue weighted by Gasteiger charge is 2.35. The molecule has 0 aromatic carbocycles. The Morgan fingerprint density at radius 3 is 1.05 bits per heavy atom. The van der Waals surface area contributed by atoms with Gasteiger partial charge in [0.25, 0.3) is 0 Å². The van der Waals surface area contributed by atoms with Crippen LogP contribution in [0.4, 0.5) is 0 Å². The van der Waals surface area contributed by atoms with Gasteiger partial charge in [0.05, 0.1) is 0 Å². The van der Waals surface area contributed by atoms with Crippen LogP contribution in [0.3, 0.4) is 0 Å². The van der Waals surface area contributed by atoms with Crippen molar-refractivity contribution in [1.82, 2.24) is 0 Å². The van der Waals surface area contributed by atoms with E-state index in [-0.39, 0.29) is 0 Å². The molecule has 19 heavy (non-hydrogen) atoms. The predicted octanol–water partition coefficient (Wildman–Crippen LogP) is 1.32. The monoisotopic (exact) mass is 308 g/mol. The second-order valence-corrected chi connectivity index (χ2v) is 9.00. The fourth-order valence-electron chi connectivity index (χ4n) is 1.41. The Hall–Kier alpha value is -0.326. The lowest BCUT2D eigenvalue weighted by Gasteiger charge is -2.20. The van der Waals surface area contributed by atoms with Gasteiger partial charge in [-0.3, -0.25) is 0 Å². The Morgan fingerprint density at radius 1 is 0.579 bits per heavy atom. The molecule has 0 aromatic heterocycles. The molecule has 0 amide bonds. The smallest absolute Gasteiger partial charge is 0.374 e. The van der Waals surface area contributed by atoms with Crippen LogP contribution in [0.1, 0.15) is 6.42 Å². The van der Waals surface area contributed by atoms with E-state index >= 15 is 0 Å². The summed E-state index contributed by atoms with van der Waals surface area (Å²) >= 11 is 0. The van der Waals surface area contributed by atoms with Crippen LogP contribution in [0.5, 0.6) is 0 Å². The minimum Gasteiger partial charge on any atom is -0.374 e. The molecule has 0 aliphatic heterocycles. The molecule has 8 heteroatoms. The van der Waals surface area contributed by atoms with Crippen molar-refractivity contribution in [3.05, 3.63) is 23.6 Å². The summed E-state index contributed by atoms with van der Waals surface area (Å²) in [5, 5.41) is 0. The van der Waals surface area contributed by atoms with E-state index in [4.69, 9.17) is 26.6 Å². The summed E-state index contributed by atoms with van der Waals surface area (Å²) in [4.78, 5) is 0. The van der Waals surface area contributed by atoms with Gasteiger partial charge in [-0.05, 0) is 17.8 Å². The Kier molecular flexibility index (Phi) is 9.39. The number of allylic oxidation sites excluding steroid dienone is 2. The second kappa shape index (κ2) is 9.56. The van der Waals surface area contributed by atoms with Gasteiger partial charge in [0.15, 0.2) is 0 Å². The molecular formula is C11H24O6Si2. The third-order valence-electron chi connectivity index (χ3n) is 2.62. The molecule has 0 unspecified atom stereocenters. The van der Waals surface area contributed by atoms with Crippen LogP contribution in [-0.2, 0) is 26.6 Å². The van der Waals surface area contributed by atoms with Gasteiger partial charge in [-0.15, -0.1) is 0 Å². The number of hydrogen-bond acceptors (Lipinski definition) is 6. The SMILES string of the molecule is CO[Si](C=CCC=C[Si](OC)(OC)OC)(OC)OC. The van der Waals surface area contributed by atoms with Crippen LogP contribution in [0, 0.1) is 0 Å². The number of rotatable bonds is 10. The topological polar surface area (TPSA) is 55.4 Å². The second-order valence-electron chi connectivity index (χ2n) is 3.47. The highest BCUT2D eigenvalue weighted by Crippen LogP contribution is 2.10. The molecule has 6 nitrogen and oxygen atoms in total. The van der Waals surface area contributed by atoms with Gasteiger partial charge in [0.2, 0.25) is 0 Å². The standard InChI is InChI=1S/C11H24O6Si2/c1-12-18(13-2,14-3)10-8-7-9-11-19(15-4,16-5)17-6/h8-11H,7H2,1-6H3. The van der Waals surface area contributed by atoms with Gasteiger partial charge < -0.3 is 26.6 Å². The molecule has 0 saturated heterocycles. The van der Waals surface area contributed by atoms with Gasteiger partial charge in [0, 0.05) is 42.7 Å². The van der Waals surface area contributed by atoms with Gasteiger partial charge >= 0.3 is 17.6 Å². The van der Waals surface area contributed by atoms with E-state index < -0.39 is 17.6 Å². The van der Waals surface area contributed by atoms with E-state index in [2.05, 4.69) is 0 Å². The zero-order valence-electron chi connectivity index (χ0n) is 12.5. The van der Waals surface area contributed by atoms with E-state index in [0.717, 1.165) is 0 Å². The van der Waals surface area contributed by atoms with Crippen LogP contribution in [-0.4, -0.2) is 60.3 Å². The van der Waals surface area contributed by atoms with Crippen LogP contribution in [0.25, 0.3) is 0 Å². The van der Waals surface area contributed by atoms with Crippen molar-refractivity contribution in [2.45, 2.75) is 6.42 Å². The largest absolute Gasteiger partial charge is 0.528 e. The first-order chi connectivity index (χ1) is 9.07. The van der Waals surface area contributed by atoms with Crippen molar-refractivity contribution in [2.75, 3.05) is 42.7 Å². The van der Waals surface area contributed by atoms with Gasteiger partial charge in [-0.2, -0.15) is 0 Å². The van der Waals surface area contributed by atoms with Gasteiger partial charge in [0.1, 0.15) is 0 Å². The van der Waals surface area contributed by atoms with Crippen molar-refractivity contribution in [3.63, 3.8) is 0 Å². The quantitative estimate of drug-likeness (QED) is 0.567. The van der Waals surface area contributed by atoms with Crippen LogP contribution < -0.4 is 0 Å². The lowest BCUT2D eigenvalue weighted by atomic mass is 10.4. The van der Waals surface area contributed by atoms with Gasteiger partial charge in [-0.25, -0.2) is 0 Å². The first kappa shape index (κ1) is 18.7. The minimum absolute atomic E-state index is 0.676. The maximum absolute atomic E-state index is 5.27. The average Bonchev–Trinajstić information content (AvgIpc) is 2.48. The molecule has 0 spiro atoms. The van der Waals surface area contributed by atoms with E-state index in [1.807, 2.05) is 23.6 Å². The Labute approximate surface area is 117 Å². The zero-order valence-corrected chi connectivity index (χ0v) is 14.5. The summed E-state index contributed by atoms with van der Waals surface area (Å²) in [7, 11) is 4.14. The van der Waals surface area contributed by atoms with E-state index in [1.54, 1.807) is 42.7 Å². The maximum Gasteiger partial charge on any atom is 0.528 e. The Bertz CT molecular complexity index is 242. The predicted molar refractivity (Wildman–Crippen MR) is 76.5 cm³/mol. The molecule has 0 aliphatic carbocycles. The highest BCUT2D eigenvalue weighted by molar-refractivity contribution is 6.66. The first-order valence-electron chi connectivity index (χ1n) is 5.73. The molecule has 0 heterocycles. The molecule has 0 radical (unpaired) electrons. The Morgan fingerprint density at radius 2 is 0.842 bits per heavy atom. The van der Waals surface area contributed by atoms with Crippen molar-refractivity contribution < 1.29 is 26.6 Å². The lowest BCUT2D eigenvalue weighted by Crippen LogP contribution is -2.41. The zero-order chi connectivity index (χ0) is 14.8. The molecule has 0 saturated carbocycles. The molecule has 0 atom stereocenters. The van der Waals surface area contributed by atoms with Crippen molar-refractivity contribution in [2.24, 2.45) is 0 Å². The fourth-order valence-corrected chi connectivity index (χ4v) is 4.08. The summed E-state index contributed by atoms with van der Waals surface area (Å²) in [5.74, 6) is 0. The summed E-state index contributed by atoms with van der Waals surface area (Å²) < 4.78 is 31.6. The third kappa shape index (κ3) is 5.67. The normalized spacial score (nSPS) is 13.8. The molecule has 0 fully saturated rings. The van der Waals surface area contributed by atoms with Gasteiger partial charge in [-0.1, -0.05) is 12.2 Å². The molecule has 0 N–H and O–H groups in total. The maximum atomic E-state index is 5.27. The highest BCUT2D eigenvalue weighted by atomic mass is 28.4. The summed E-state index contributed by atoms with van der Waals surface area (Å²) in [6.45, 7) is 0. The van der Waals surface area contributed by atoms with Crippen LogP contribution in [0.15, 0.2) is 23.6 Å². The minimum atomic E-state index is -2.64. The Balaban J connectivity index is 4.50. The molecule has 0 aromatic rings. The average molecular weight is 308 g/mol. The molecule has 0 bridgehead atoms. The lowest BCUT2D eigenvalue weighted by molar-refractivity contribution is 0.138. The van der Waals surface area contributed by atoms with Crippen molar-refractivity contribution >= 4 is 17.6 Å². The fraction of sp³-hybridized carbons (Fsp3) is 0.636.